The molecule has 0 aliphatic heterocycles. The molecule has 0 amide bonds. The Labute approximate surface area is 126 Å². The SMILES string of the molecule is Cc1ccc(Nc2ccc(N)c3ccncc23)cc1Br. The van der Waals surface area contributed by atoms with Crippen LogP contribution < -0.4 is 11.1 Å². The Balaban J connectivity index is 2.06. The molecule has 0 aliphatic carbocycles. The first-order chi connectivity index (χ1) is 9.65. The number of fused-ring (bicyclic) bond motifs is 1. The summed E-state index contributed by atoms with van der Waals surface area (Å²) in [7, 11) is 0. The van der Waals surface area contributed by atoms with E-state index in [1.54, 1.807) is 6.20 Å². The average Bonchev–Trinajstić information content (AvgIpc) is 2.46. The van der Waals surface area contributed by atoms with Crippen molar-refractivity contribution < 1.29 is 0 Å². The topological polar surface area (TPSA) is 50.9 Å². The highest BCUT2D eigenvalue weighted by atomic mass is 79.9. The van der Waals surface area contributed by atoms with Crippen LogP contribution in [0, 0.1) is 6.92 Å². The molecule has 3 N–H and O–H groups in total. The Morgan fingerprint density at radius 2 is 1.95 bits per heavy atom. The number of aryl methyl sites for hydroxylation is 1. The molecule has 2 aromatic carbocycles. The van der Waals surface area contributed by atoms with Gasteiger partial charge in [0.05, 0.1) is 0 Å². The zero-order chi connectivity index (χ0) is 14.1. The number of benzene rings is 2. The predicted molar refractivity (Wildman–Crippen MR) is 88.3 cm³/mol. The Morgan fingerprint density at radius 3 is 2.75 bits per heavy atom. The molecular weight excluding hydrogens is 314 g/mol. The average molecular weight is 328 g/mol. The molecule has 0 spiro atoms. The number of anilines is 3. The van der Waals surface area contributed by atoms with Crippen LogP contribution in [0.4, 0.5) is 17.1 Å². The first-order valence-electron chi connectivity index (χ1n) is 6.30. The van der Waals surface area contributed by atoms with Crippen molar-refractivity contribution in [1.29, 1.82) is 0 Å². The van der Waals surface area contributed by atoms with Crippen molar-refractivity contribution in [2.24, 2.45) is 0 Å². The minimum Gasteiger partial charge on any atom is -0.398 e. The second-order valence-corrected chi connectivity index (χ2v) is 5.57. The highest BCUT2D eigenvalue weighted by Crippen LogP contribution is 2.30. The second-order valence-electron chi connectivity index (χ2n) is 4.71. The molecule has 0 saturated heterocycles. The summed E-state index contributed by atoms with van der Waals surface area (Å²) < 4.78 is 1.08. The number of nitrogens with two attached hydrogens (primary N) is 1. The predicted octanol–water partition coefficient (Wildman–Crippen LogP) is 4.63. The van der Waals surface area contributed by atoms with E-state index >= 15 is 0 Å². The summed E-state index contributed by atoms with van der Waals surface area (Å²) in [4.78, 5) is 4.18. The van der Waals surface area contributed by atoms with Gasteiger partial charge in [0.2, 0.25) is 0 Å². The summed E-state index contributed by atoms with van der Waals surface area (Å²) in [5, 5.41) is 5.44. The molecule has 100 valence electrons. The zero-order valence-electron chi connectivity index (χ0n) is 11.0. The first-order valence-corrected chi connectivity index (χ1v) is 7.10. The number of halogens is 1. The van der Waals surface area contributed by atoms with Crippen molar-refractivity contribution in [3.05, 3.63) is 58.8 Å². The van der Waals surface area contributed by atoms with Crippen LogP contribution in [-0.2, 0) is 0 Å². The summed E-state index contributed by atoms with van der Waals surface area (Å²) in [5.74, 6) is 0. The van der Waals surface area contributed by atoms with Gasteiger partial charge in [-0.25, -0.2) is 0 Å². The van der Waals surface area contributed by atoms with Gasteiger partial charge in [-0.1, -0.05) is 22.0 Å². The normalized spacial score (nSPS) is 10.7. The van der Waals surface area contributed by atoms with Crippen molar-refractivity contribution in [2.75, 3.05) is 11.1 Å². The minimum absolute atomic E-state index is 0.762. The fourth-order valence-electron chi connectivity index (χ4n) is 2.15. The van der Waals surface area contributed by atoms with Gasteiger partial charge in [-0.15, -0.1) is 0 Å². The summed E-state index contributed by atoms with van der Waals surface area (Å²) in [6.07, 6.45) is 3.59. The summed E-state index contributed by atoms with van der Waals surface area (Å²) in [6, 6.07) is 12.0. The Kier molecular flexibility index (Phi) is 3.32. The molecule has 1 aromatic heterocycles. The third-order valence-corrected chi connectivity index (χ3v) is 4.16. The molecular formula is C16H14BrN3. The van der Waals surface area contributed by atoms with Gasteiger partial charge in [-0.3, -0.25) is 4.98 Å². The van der Waals surface area contributed by atoms with Crippen molar-refractivity contribution >= 4 is 43.8 Å². The number of nitrogens with one attached hydrogen (secondary N) is 1. The molecule has 0 fully saturated rings. The fourth-order valence-corrected chi connectivity index (χ4v) is 2.53. The molecule has 3 nitrogen and oxygen atoms in total. The lowest BCUT2D eigenvalue weighted by molar-refractivity contribution is 1.36. The molecule has 3 aromatic rings. The standard InChI is InChI=1S/C16H14BrN3/c1-10-2-3-11(8-14(10)17)20-16-5-4-15(18)12-6-7-19-9-13(12)16/h2-9,20H,18H2,1H3. The van der Waals surface area contributed by atoms with Crippen LogP contribution in [-0.4, -0.2) is 4.98 Å². The maximum atomic E-state index is 6.00. The maximum absolute atomic E-state index is 6.00. The van der Waals surface area contributed by atoms with Crippen molar-refractivity contribution in [2.45, 2.75) is 6.92 Å². The quantitative estimate of drug-likeness (QED) is 0.674. The van der Waals surface area contributed by atoms with Gasteiger partial charge in [-0.05, 0) is 42.8 Å². The number of hydrogen-bond donors (Lipinski definition) is 2. The van der Waals surface area contributed by atoms with Crippen molar-refractivity contribution in [3.63, 3.8) is 0 Å². The van der Waals surface area contributed by atoms with Gasteiger partial charge in [-0.2, -0.15) is 0 Å². The molecule has 20 heavy (non-hydrogen) atoms. The van der Waals surface area contributed by atoms with Crippen LogP contribution >= 0.6 is 15.9 Å². The van der Waals surface area contributed by atoms with Crippen LogP contribution in [0.25, 0.3) is 10.8 Å². The molecule has 0 radical (unpaired) electrons. The Morgan fingerprint density at radius 1 is 1.10 bits per heavy atom. The minimum atomic E-state index is 0.762. The highest BCUT2D eigenvalue weighted by Gasteiger charge is 2.05. The number of hydrogen-bond acceptors (Lipinski definition) is 3. The van der Waals surface area contributed by atoms with E-state index in [0.717, 1.165) is 32.3 Å². The van der Waals surface area contributed by atoms with E-state index < -0.39 is 0 Å². The maximum Gasteiger partial charge on any atom is 0.0481 e. The largest absolute Gasteiger partial charge is 0.398 e. The van der Waals surface area contributed by atoms with Gasteiger partial charge < -0.3 is 11.1 Å². The van der Waals surface area contributed by atoms with E-state index in [9.17, 15) is 0 Å². The van der Waals surface area contributed by atoms with Crippen LogP contribution in [0.2, 0.25) is 0 Å². The van der Waals surface area contributed by atoms with E-state index in [2.05, 4.69) is 51.4 Å². The Hall–Kier alpha value is -2.07. The van der Waals surface area contributed by atoms with Crippen molar-refractivity contribution in [3.8, 4) is 0 Å². The van der Waals surface area contributed by atoms with E-state index in [4.69, 9.17) is 5.73 Å². The number of aromatic nitrogens is 1. The highest BCUT2D eigenvalue weighted by molar-refractivity contribution is 9.10. The lowest BCUT2D eigenvalue weighted by Gasteiger charge is -2.12. The smallest absolute Gasteiger partial charge is 0.0481 e. The number of nitrogens with zero attached hydrogens (tertiary/aromatic N) is 1. The zero-order valence-corrected chi connectivity index (χ0v) is 12.6. The third kappa shape index (κ3) is 2.34. The van der Waals surface area contributed by atoms with E-state index in [1.165, 1.54) is 5.56 Å². The summed E-state index contributed by atoms with van der Waals surface area (Å²) in [5.41, 5.74) is 9.99. The monoisotopic (exact) mass is 327 g/mol. The van der Waals surface area contributed by atoms with Gasteiger partial charge >= 0.3 is 0 Å². The van der Waals surface area contributed by atoms with Gasteiger partial charge in [0, 0.05) is 44.7 Å². The number of pyridine rings is 1. The lowest BCUT2D eigenvalue weighted by Crippen LogP contribution is -1.95. The third-order valence-electron chi connectivity index (χ3n) is 3.30. The van der Waals surface area contributed by atoms with E-state index in [-0.39, 0.29) is 0 Å². The molecule has 3 rings (SSSR count). The lowest BCUT2D eigenvalue weighted by atomic mass is 10.1. The molecule has 1 heterocycles. The number of rotatable bonds is 2. The van der Waals surface area contributed by atoms with Crippen molar-refractivity contribution in [1.82, 2.24) is 4.98 Å². The second kappa shape index (κ2) is 5.13. The van der Waals surface area contributed by atoms with Crippen LogP contribution in [0.15, 0.2) is 53.3 Å². The molecule has 4 heteroatoms. The van der Waals surface area contributed by atoms with Crippen LogP contribution in [0.5, 0.6) is 0 Å². The van der Waals surface area contributed by atoms with E-state index in [1.807, 2.05) is 24.4 Å². The van der Waals surface area contributed by atoms with Gasteiger partial charge in [0.1, 0.15) is 0 Å². The molecule has 0 saturated carbocycles. The summed E-state index contributed by atoms with van der Waals surface area (Å²) >= 11 is 3.55. The van der Waals surface area contributed by atoms with Crippen LogP contribution in [0.1, 0.15) is 5.56 Å². The molecule has 0 aliphatic rings. The molecule has 0 unspecified atom stereocenters. The first kappa shape index (κ1) is 12.9. The van der Waals surface area contributed by atoms with Crippen LogP contribution in [0.3, 0.4) is 0 Å². The fraction of sp³-hybridized carbons (Fsp3) is 0.0625. The molecule has 0 atom stereocenters. The number of nitrogen functional groups attached to an aromatic ring is 1. The summed E-state index contributed by atoms with van der Waals surface area (Å²) in [6.45, 7) is 2.07. The van der Waals surface area contributed by atoms with E-state index in [0.29, 0.717) is 0 Å². The van der Waals surface area contributed by atoms with Gasteiger partial charge in [0.25, 0.3) is 0 Å². The molecule has 0 bridgehead atoms. The Bertz CT molecular complexity index is 784. The van der Waals surface area contributed by atoms with Gasteiger partial charge in [0.15, 0.2) is 0 Å².